The molecule has 17 heavy (non-hydrogen) atoms. The van der Waals surface area contributed by atoms with E-state index in [1.165, 1.54) is 12.8 Å². The third-order valence-electron chi connectivity index (χ3n) is 3.02. The van der Waals surface area contributed by atoms with Gasteiger partial charge >= 0.3 is 0 Å². The Kier molecular flexibility index (Phi) is 3.94. The Hall–Kier alpha value is -1.60. The molecule has 1 aliphatic rings. The average Bonchev–Trinajstić information content (AvgIpc) is 2.40. The maximum atomic E-state index is 8.84. The molecule has 0 bridgehead atoms. The molecule has 90 valence electrons. The smallest absolute Gasteiger partial charge is 0.129 e. The molecule has 0 aliphatic carbocycles. The number of aromatic nitrogens is 1. The molecule has 0 spiro atoms. The van der Waals surface area contributed by atoms with Gasteiger partial charge in [0.25, 0.3) is 0 Å². The molecule has 1 saturated heterocycles. The molecule has 2 heterocycles. The van der Waals surface area contributed by atoms with Crippen LogP contribution in [0, 0.1) is 11.3 Å². The van der Waals surface area contributed by atoms with Crippen molar-refractivity contribution in [3.63, 3.8) is 0 Å². The van der Waals surface area contributed by atoms with Crippen molar-refractivity contribution in [2.45, 2.75) is 25.4 Å². The van der Waals surface area contributed by atoms with Crippen LogP contribution in [0.15, 0.2) is 18.3 Å². The van der Waals surface area contributed by atoms with E-state index in [-0.39, 0.29) is 0 Å². The van der Waals surface area contributed by atoms with Crippen molar-refractivity contribution in [3.05, 3.63) is 23.9 Å². The Morgan fingerprint density at radius 2 is 2.47 bits per heavy atom. The van der Waals surface area contributed by atoms with Crippen molar-refractivity contribution < 1.29 is 4.74 Å². The maximum absolute atomic E-state index is 8.84. The molecular weight excluding hydrogens is 214 g/mol. The van der Waals surface area contributed by atoms with E-state index in [0.29, 0.717) is 11.7 Å². The second kappa shape index (κ2) is 5.65. The van der Waals surface area contributed by atoms with Gasteiger partial charge in [-0.2, -0.15) is 5.26 Å². The number of likely N-dealkylation sites (N-methyl/N-ethyl adjacent to an activating group) is 1. The van der Waals surface area contributed by atoms with Gasteiger partial charge in [-0.1, -0.05) is 0 Å². The van der Waals surface area contributed by atoms with E-state index in [2.05, 4.69) is 16.0 Å². The van der Waals surface area contributed by atoms with Gasteiger partial charge in [-0.15, -0.1) is 0 Å². The van der Waals surface area contributed by atoms with Crippen molar-refractivity contribution in [2.75, 3.05) is 25.1 Å². The summed E-state index contributed by atoms with van der Waals surface area (Å²) in [5.74, 6) is 0.832. The molecule has 0 amide bonds. The van der Waals surface area contributed by atoms with Crippen LogP contribution in [0.4, 0.5) is 5.82 Å². The largest absolute Gasteiger partial charge is 0.376 e. The SMILES string of the molecule is CN(CC1CCCCO1)c1cc(C#N)ccn1. The van der Waals surface area contributed by atoms with Crippen molar-refractivity contribution in [3.8, 4) is 6.07 Å². The zero-order valence-electron chi connectivity index (χ0n) is 10.1. The van der Waals surface area contributed by atoms with Gasteiger partial charge in [0, 0.05) is 26.4 Å². The molecule has 0 radical (unpaired) electrons. The summed E-state index contributed by atoms with van der Waals surface area (Å²) in [7, 11) is 1.99. The summed E-state index contributed by atoms with van der Waals surface area (Å²) in [6.45, 7) is 1.70. The van der Waals surface area contributed by atoms with E-state index in [0.717, 1.165) is 25.4 Å². The first-order chi connectivity index (χ1) is 8.29. The number of ether oxygens (including phenoxy) is 1. The van der Waals surface area contributed by atoms with Gasteiger partial charge in [-0.3, -0.25) is 0 Å². The number of pyridine rings is 1. The second-order valence-electron chi connectivity index (χ2n) is 4.38. The normalized spacial score (nSPS) is 19.6. The van der Waals surface area contributed by atoms with Crippen LogP contribution in [-0.4, -0.2) is 31.3 Å². The first-order valence-electron chi connectivity index (χ1n) is 5.98. The van der Waals surface area contributed by atoms with Crippen LogP contribution in [0.25, 0.3) is 0 Å². The Morgan fingerprint density at radius 1 is 1.59 bits per heavy atom. The fraction of sp³-hybridized carbons (Fsp3) is 0.538. The van der Waals surface area contributed by atoms with Crippen LogP contribution in [0.1, 0.15) is 24.8 Å². The molecule has 2 rings (SSSR count). The lowest BCUT2D eigenvalue weighted by Crippen LogP contribution is -2.33. The Labute approximate surface area is 102 Å². The predicted molar refractivity (Wildman–Crippen MR) is 65.8 cm³/mol. The second-order valence-corrected chi connectivity index (χ2v) is 4.38. The van der Waals surface area contributed by atoms with Crippen molar-refractivity contribution in [1.82, 2.24) is 4.98 Å². The van der Waals surface area contributed by atoms with Crippen LogP contribution in [0.5, 0.6) is 0 Å². The van der Waals surface area contributed by atoms with Crippen LogP contribution >= 0.6 is 0 Å². The van der Waals surface area contributed by atoms with E-state index in [1.54, 1.807) is 12.3 Å². The molecule has 4 nitrogen and oxygen atoms in total. The van der Waals surface area contributed by atoms with Gasteiger partial charge in [-0.25, -0.2) is 4.98 Å². The van der Waals surface area contributed by atoms with Crippen LogP contribution < -0.4 is 4.90 Å². The predicted octanol–water partition coefficient (Wildman–Crippen LogP) is 1.96. The quantitative estimate of drug-likeness (QED) is 0.798. The van der Waals surface area contributed by atoms with E-state index < -0.39 is 0 Å². The fourth-order valence-corrected chi connectivity index (χ4v) is 2.05. The minimum absolute atomic E-state index is 0.293. The van der Waals surface area contributed by atoms with Crippen molar-refractivity contribution >= 4 is 5.82 Å². The summed E-state index contributed by atoms with van der Waals surface area (Å²) >= 11 is 0. The molecule has 1 aromatic heterocycles. The number of anilines is 1. The Balaban J connectivity index is 1.98. The van der Waals surface area contributed by atoms with Crippen LogP contribution in [0.3, 0.4) is 0 Å². The van der Waals surface area contributed by atoms with E-state index >= 15 is 0 Å². The van der Waals surface area contributed by atoms with E-state index in [1.807, 2.05) is 13.1 Å². The van der Waals surface area contributed by atoms with Gasteiger partial charge in [0.2, 0.25) is 0 Å². The number of nitrogens with zero attached hydrogens (tertiary/aromatic N) is 3. The lowest BCUT2D eigenvalue weighted by Gasteiger charge is -2.28. The third-order valence-corrected chi connectivity index (χ3v) is 3.02. The molecule has 0 saturated carbocycles. The maximum Gasteiger partial charge on any atom is 0.129 e. The fourth-order valence-electron chi connectivity index (χ4n) is 2.05. The minimum atomic E-state index is 0.293. The van der Waals surface area contributed by atoms with Crippen molar-refractivity contribution in [2.24, 2.45) is 0 Å². The zero-order chi connectivity index (χ0) is 12.1. The first-order valence-corrected chi connectivity index (χ1v) is 5.98. The summed E-state index contributed by atoms with van der Waals surface area (Å²) in [6, 6.07) is 5.65. The first kappa shape index (κ1) is 11.9. The number of hydrogen-bond acceptors (Lipinski definition) is 4. The highest BCUT2D eigenvalue weighted by atomic mass is 16.5. The molecule has 1 aliphatic heterocycles. The number of nitriles is 1. The number of hydrogen-bond donors (Lipinski definition) is 0. The highest BCUT2D eigenvalue weighted by Gasteiger charge is 2.16. The highest BCUT2D eigenvalue weighted by molar-refractivity contribution is 5.44. The van der Waals surface area contributed by atoms with Gasteiger partial charge < -0.3 is 9.64 Å². The minimum Gasteiger partial charge on any atom is -0.376 e. The highest BCUT2D eigenvalue weighted by Crippen LogP contribution is 2.16. The monoisotopic (exact) mass is 231 g/mol. The molecule has 1 atom stereocenters. The summed E-state index contributed by atoms with van der Waals surface area (Å²) in [4.78, 5) is 6.32. The zero-order valence-corrected chi connectivity index (χ0v) is 10.1. The topological polar surface area (TPSA) is 49.1 Å². The third kappa shape index (κ3) is 3.18. The lowest BCUT2D eigenvalue weighted by molar-refractivity contribution is 0.0215. The van der Waals surface area contributed by atoms with Crippen molar-refractivity contribution in [1.29, 1.82) is 5.26 Å². The Morgan fingerprint density at radius 3 is 3.18 bits per heavy atom. The summed E-state index contributed by atoms with van der Waals surface area (Å²) in [6.07, 6.45) is 5.49. The molecule has 1 unspecified atom stereocenters. The molecule has 0 aromatic carbocycles. The summed E-state index contributed by atoms with van der Waals surface area (Å²) in [5.41, 5.74) is 0.645. The molecule has 1 aromatic rings. The lowest BCUT2D eigenvalue weighted by atomic mass is 10.1. The summed E-state index contributed by atoms with van der Waals surface area (Å²) < 4.78 is 5.69. The molecule has 1 fully saturated rings. The molecule has 4 heteroatoms. The average molecular weight is 231 g/mol. The van der Waals surface area contributed by atoms with Gasteiger partial charge in [0.15, 0.2) is 0 Å². The standard InChI is InChI=1S/C13H17N3O/c1-16(10-12-4-2-3-7-17-12)13-8-11(9-14)5-6-15-13/h5-6,8,12H,2-4,7,10H2,1H3. The van der Waals surface area contributed by atoms with Gasteiger partial charge in [0.1, 0.15) is 5.82 Å². The van der Waals surface area contributed by atoms with Gasteiger partial charge in [0.05, 0.1) is 17.7 Å². The molecular formula is C13H17N3O. The van der Waals surface area contributed by atoms with Crippen LogP contribution in [0.2, 0.25) is 0 Å². The summed E-state index contributed by atoms with van der Waals surface area (Å²) in [5, 5.41) is 8.84. The van der Waals surface area contributed by atoms with E-state index in [9.17, 15) is 0 Å². The van der Waals surface area contributed by atoms with Gasteiger partial charge in [-0.05, 0) is 31.4 Å². The molecule has 0 N–H and O–H groups in total. The van der Waals surface area contributed by atoms with Crippen LogP contribution in [-0.2, 0) is 4.74 Å². The number of rotatable bonds is 3. The van der Waals surface area contributed by atoms with E-state index in [4.69, 9.17) is 10.00 Å². The Bertz CT molecular complexity index is 407.